The van der Waals surface area contributed by atoms with E-state index in [0.717, 1.165) is 31.4 Å². The lowest BCUT2D eigenvalue weighted by Crippen LogP contribution is -2.33. The first kappa shape index (κ1) is 17.6. The van der Waals surface area contributed by atoms with Crippen LogP contribution in [-0.2, 0) is 0 Å². The number of non-ortho nitro benzene ring substituents is 1. The van der Waals surface area contributed by atoms with Gasteiger partial charge >= 0.3 is 0 Å². The highest BCUT2D eigenvalue weighted by Crippen LogP contribution is 2.25. The molecular formula is C16H26N2O3. The Morgan fingerprint density at radius 1 is 1.43 bits per heavy atom. The Morgan fingerprint density at radius 3 is 2.71 bits per heavy atom. The number of nitro groups is 1. The van der Waals surface area contributed by atoms with Gasteiger partial charge in [0.2, 0.25) is 0 Å². The van der Waals surface area contributed by atoms with Crippen LogP contribution in [0.4, 0.5) is 5.69 Å². The Balaban J connectivity index is 2.81. The van der Waals surface area contributed by atoms with Crippen LogP contribution in [0.1, 0.15) is 51.6 Å². The summed E-state index contributed by atoms with van der Waals surface area (Å²) in [6.07, 6.45) is 2.66. The fourth-order valence-electron chi connectivity index (χ4n) is 2.32. The zero-order valence-corrected chi connectivity index (χ0v) is 13.1. The minimum atomic E-state index is -0.359. The third-order valence-corrected chi connectivity index (χ3v) is 3.68. The zero-order valence-electron chi connectivity index (χ0n) is 13.1. The first-order valence-corrected chi connectivity index (χ1v) is 7.48. The largest absolute Gasteiger partial charge is 0.396 e. The van der Waals surface area contributed by atoms with E-state index >= 15 is 0 Å². The van der Waals surface area contributed by atoms with Crippen molar-refractivity contribution in [3.05, 3.63) is 39.9 Å². The second-order valence-electron chi connectivity index (χ2n) is 6.21. The van der Waals surface area contributed by atoms with E-state index in [-0.39, 0.29) is 28.7 Å². The lowest BCUT2D eigenvalue weighted by molar-refractivity contribution is -0.384. The summed E-state index contributed by atoms with van der Waals surface area (Å²) in [5, 5.41) is 23.5. The average Bonchev–Trinajstić information content (AvgIpc) is 2.43. The SMILES string of the molecule is CCCC(NCC(C)(C)CCO)c1cccc([N+](=O)[O-])c1. The molecule has 0 aliphatic rings. The molecular weight excluding hydrogens is 268 g/mol. The van der Waals surface area contributed by atoms with Crippen molar-refractivity contribution < 1.29 is 10.0 Å². The number of aliphatic hydroxyl groups is 1. The number of nitro benzene ring substituents is 1. The molecule has 1 rings (SSSR count). The van der Waals surface area contributed by atoms with Gasteiger partial charge in [-0.1, -0.05) is 39.3 Å². The minimum absolute atomic E-state index is 0.00144. The quantitative estimate of drug-likeness (QED) is 0.540. The van der Waals surface area contributed by atoms with Crippen molar-refractivity contribution in [2.75, 3.05) is 13.2 Å². The maximum atomic E-state index is 10.9. The molecule has 1 aromatic rings. The van der Waals surface area contributed by atoms with Crippen molar-refractivity contribution in [3.63, 3.8) is 0 Å². The zero-order chi connectivity index (χ0) is 15.9. The Hall–Kier alpha value is -1.46. The second kappa shape index (κ2) is 8.10. The van der Waals surface area contributed by atoms with Crippen LogP contribution in [0.2, 0.25) is 0 Å². The molecule has 1 unspecified atom stereocenters. The van der Waals surface area contributed by atoms with Gasteiger partial charge in [-0.3, -0.25) is 10.1 Å². The van der Waals surface area contributed by atoms with Crippen molar-refractivity contribution in [2.24, 2.45) is 5.41 Å². The number of rotatable bonds is 9. The van der Waals surface area contributed by atoms with Crippen molar-refractivity contribution in [1.82, 2.24) is 5.32 Å². The first-order valence-electron chi connectivity index (χ1n) is 7.48. The number of aliphatic hydroxyl groups excluding tert-OH is 1. The Morgan fingerprint density at radius 2 is 2.14 bits per heavy atom. The minimum Gasteiger partial charge on any atom is -0.396 e. The van der Waals surface area contributed by atoms with Crippen LogP contribution in [0.25, 0.3) is 0 Å². The van der Waals surface area contributed by atoms with Crippen LogP contribution < -0.4 is 5.32 Å². The van der Waals surface area contributed by atoms with Crippen molar-refractivity contribution in [2.45, 2.75) is 46.1 Å². The lowest BCUT2D eigenvalue weighted by atomic mass is 9.89. The summed E-state index contributed by atoms with van der Waals surface area (Å²) in [7, 11) is 0. The molecule has 0 saturated heterocycles. The second-order valence-corrected chi connectivity index (χ2v) is 6.21. The smallest absolute Gasteiger partial charge is 0.269 e. The van der Waals surface area contributed by atoms with Gasteiger partial charge in [0.1, 0.15) is 0 Å². The molecule has 0 aromatic heterocycles. The van der Waals surface area contributed by atoms with E-state index < -0.39 is 0 Å². The van der Waals surface area contributed by atoms with Crippen LogP contribution >= 0.6 is 0 Å². The monoisotopic (exact) mass is 294 g/mol. The summed E-state index contributed by atoms with van der Waals surface area (Å²) in [5.74, 6) is 0. The maximum absolute atomic E-state index is 10.9. The summed E-state index contributed by atoms with van der Waals surface area (Å²) in [5.41, 5.74) is 1.08. The third kappa shape index (κ3) is 5.81. The standard InChI is InChI=1S/C16H26N2O3/c1-4-6-15(17-12-16(2,3)9-10-19)13-7-5-8-14(11-13)18(20)21/h5,7-8,11,15,17,19H,4,6,9-10,12H2,1-3H3. The van der Waals surface area contributed by atoms with Gasteiger partial charge < -0.3 is 10.4 Å². The molecule has 0 radical (unpaired) electrons. The molecule has 0 aliphatic carbocycles. The number of hydrogen-bond donors (Lipinski definition) is 2. The van der Waals surface area contributed by atoms with Crippen LogP contribution in [0, 0.1) is 15.5 Å². The molecule has 21 heavy (non-hydrogen) atoms. The van der Waals surface area contributed by atoms with E-state index in [1.807, 2.05) is 6.07 Å². The van der Waals surface area contributed by atoms with E-state index in [4.69, 9.17) is 5.11 Å². The maximum Gasteiger partial charge on any atom is 0.269 e. The molecule has 0 spiro atoms. The fraction of sp³-hybridized carbons (Fsp3) is 0.625. The van der Waals surface area contributed by atoms with E-state index in [1.165, 1.54) is 6.07 Å². The molecule has 0 saturated carbocycles. The first-order chi connectivity index (χ1) is 9.89. The van der Waals surface area contributed by atoms with Gasteiger partial charge in [-0.25, -0.2) is 0 Å². The number of nitrogens with zero attached hydrogens (tertiary/aromatic N) is 1. The van der Waals surface area contributed by atoms with Gasteiger partial charge in [0, 0.05) is 31.3 Å². The van der Waals surface area contributed by atoms with Crippen molar-refractivity contribution in [3.8, 4) is 0 Å². The highest BCUT2D eigenvalue weighted by molar-refractivity contribution is 5.35. The van der Waals surface area contributed by atoms with Crippen LogP contribution in [-0.4, -0.2) is 23.2 Å². The van der Waals surface area contributed by atoms with Gasteiger partial charge in [0.05, 0.1) is 4.92 Å². The Bertz CT molecular complexity index is 461. The predicted octanol–water partition coefficient (Wildman–Crippen LogP) is 3.43. The van der Waals surface area contributed by atoms with Gasteiger partial charge in [-0.15, -0.1) is 0 Å². The molecule has 0 aliphatic heterocycles. The normalized spacial score (nSPS) is 13.1. The molecule has 1 aromatic carbocycles. The van der Waals surface area contributed by atoms with Gasteiger partial charge in [-0.05, 0) is 23.8 Å². The highest BCUT2D eigenvalue weighted by Gasteiger charge is 2.20. The topological polar surface area (TPSA) is 75.4 Å². The van der Waals surface area contributed by atoms with Crippen LogP contribution in [0.3, 0.4) is 0 Å². The summed E-state index contributed by atoms with van der Waals surface area (Å²) in [6, 6.07) is 6.93. The molecule has 0 heterocycles. The lowest BCUT2D eigenvalue weighted by Gasteiger charge is -2.28. The summed E-state index contributed by atoms with van der Waals surface area (Å²) in [4.78, 5) is 10.5. The Kier molecular flexibility index (Phi) is 6.78. The van der Waals surface area contributed by atoms with E-state index in [1.54, 1.807) is 12.1 Å². The average molecular weight is 294 g/mol. The molecule has 5 heteroatoms. The predicted molar refractivity (Wildman–Crippen MR) is 84.2 cm³/mol. The molecule has 1 atom stereocenters. The number of benzene rings is 1. The molecule has 0 bridgehead atoms. The van der Waals surface area contributed by atoms with E-state index in [0.29, 0.717) is 0 Å². The third-order valence-electron chi connectivity index (χ3n) is 3.68. The molecule has 2 N–H and O–H groups in total. The summed E-state index contributed by atoms with van der Waals surface area (Å²) >= 11 is 0. The fourth-order valence-corrected chi connectivity index (χ4v) is 2.32. The highest BCUT2D eigenvalue weighted by atomic mass is 16.6. The molecule has 0 fully saturated rings. The molecule has 0 amide bonds. The van der Waals surface area contributed by atoms with Crippen LogP contribution in [0.15, 0.2) is 24.3 Å². The van der Waals surface area contributed by atoms with Crippen molar-refractivity contribution >= 4 is 5.69 Å². The Labute approximate surface area is 126 Å². The van der Waals surface area contributed by atoms with E-state index in [9.17, 15) is 10.1 Å². The number of hydrogen-bond acceptors (Lipinski definition) is 4. The number of nitrogens with one attached hydrogen (secondary N) is 1. The van der Waals surface area contributed by atoms with Gasteiger partial charge in [-0.2, -0.15) is 0 Å². The van der Waals surface area contributed by atoms with Gasteiger partial charge in [0.15, 0.2) is 0 Å². The van der Waals surface area contributed by atoms with Crippen LogP contribution in [0.5, 0.6) is 0 Å². The molecule has 118 valence electrons. The van der Waals surface area contributed by atoms with E-state index in [2.05, 4.69) is 26.1 Å². The van der Waals surface area contributed by atoms with Crippen molar-refractivity contribution in [1.29, 1.82) is 0 Å². The summed E-state index contributed by atoms with van der Waals surface area (Å²) in [6.45, 7) is 7.25. The summed E-state index contributed by atoms with van der Waals surface area (Å²) < 4.78 is 0. The molecule has 5 nitrogen and oxygen atoms in total. The van der Waals surface area contributed by atoms with Gasteiger partial charge in [0.25, 0.3) is 5.69 Å².